The third kappa shape index (κ3) is 2.66. The van der Waals surface area contributed by atoms with Crippen molar-refractivity contribution in [1.29, 1.82) is 0 Å². The molecule has 0 fully saturated rings. The number of nitrogens with one attached hydrogen (secondary N) is 1. The Labute approximate surface area is 122 Å². The van der Waals surface area contributed by atoms with E-state index < -0.39 is 0 Å². The number of pyridine rings is 1. The maximum absolute atomic E-state index is 4.35. The Hall–Kier alpha value is -1.35. The maximum Gasteiger partial charge on any atom is 0.109 e. The van der Waals surface area contributed by atoms with E-state index in [1.54, 1.807) is 0 Å². The molecule has 98 valence electrons. The van der Waals surface area contributed by atoms with Gasteiger partial charge < -0.3 is 5.32 Å². The molecule has 1 aromatic heterocycles. The number of rotatable bonds is 2. The summed E-state index contributed by atoms with van der Waals surface area (Å²) in [6.45, 7) is 2.07. The molecular formula is C16H17BrN2. The van der Waals surface area contributed by atoms with Crippen LogP contribution in [0.15, 0.2) is 41.1 Å². The Morgan fingerprint density at radius 2 is 2.16 bits per heavy atom. The van der Waals surface area contributed by atoms with E-state index in [9.17, 15) is 0 Å². The molecule has 1 aliphatic rings. The third-order valence-corrected chi connectivity index (χ3v) is 4.55. The summed E-state index contributed by atoms with van der Waals surface area (Å²) in [7, 11) is 0. The summed E-state index contributed by atoms with van der Waals surface area (Å²) >= 11 is 3.44. The smallest absolute Gasteiger partial charge is 0.109 e. The number of anilines is 1. The highest BCUT2D eigenvalue weighted by Crippen LogP contribution is 2.32. The van der Waals surface area contributed by atoms with Crippen molar-refractivity contribution in [3.05, 3.63) is 57.8 Å². The number of hydrogen-bond acceptors (Lipinski definition) is 2. The summed E-state index contributed by atoms with van der Waals surface area (Å²) in [5.41, 5.74) is 5.18. The second-order valence-electron chi connectivity index (χ2n) is 5.12. The minimum Gasteiger partial charge on any atom is -0.377 e. The molecule has 3 heteroatoms. The van der Waals surface area contributed by atoms with Crippen LogP contribution in [0.2, 0.25) is 0 Å². The molecular weight excluding hydrogens is 300 g/mol. The Bertz CT molecular complexity index is 595. The van der Waals surface area contributed by atoms with Crippen molar-refractivity contribution in [3.63, 3.8) is 0 Å². The molecule has 1 atom stereocenters. The molecule has 0 bridgehead atoms. The molecule has 2 aromatic rings. The summed E-state index contributed by atoms with van der Waals surface area (Å²) in [5, 5.41) is 3.62. The molecule has 1 heterocycles. The van der Waals surface area contributed by atoms with Crippen molar-refractivity contribution in [3.8, 4) is 0 Å². The van der Waals surface area contributed by atoms with Crippen LogP contribution in [-0.2, 0) is 6.42 Å². The van der Waals surface area contributed by atoms with Crippen LogP contribution in [0.3, 0.4) is 0 Å². The number of aromatic nitrogens is 1. The summed E-state index contributed by atoms with van der Waals surface area (Å²) < 4.78 is 0.919. The standard InChI is InChI=1S/C16H17BrN2/c1-11-9-13(10-18-16(11)17)19-15-8-4-6-12-5-2-3-7-14(12)15/h2-3,5,7,9-10,15,19H,4,6,8H2,1H3. The molecule has 1 unspecified atom stereocenters. The van der Waals surface area contributed by atoms with Gasteiger partial charge in [-0.3, -0.25) is 0 Å². The number of fused-ring (bicyclic) bond motifs is 1. The van der Waals surface area contributed by atoms with Crippen LogP contribution < -0.4 is 5.32 Å². The third-order valence-electron chi connectivity index (χ3n) is 3.72. The first-order valence-corrected chi connectivity index (χ1v) is 7.50. The lowest BCUT2D eigenvalue weighted by atomic mass is 9.87. The van der Waals surface area contributed by atoms with Crippen molar-refractivity contribution >= 4 is 21.6 Å². The molecule has 2 nitrogen and oxygen atoms in total. The van der Waals surface area contributed by atoms with Crippen molar-refractivity contribution < 1.29 is 0 Å². The van der Waals surface area contributed by atoms with Gasteiger partial charge >= 0.3 is 0 Å². The van der Waals surface area contributed by atoms with E-state index in [1.165, 1.54) is 30.4 Å². The minimum atomic E-state index is 0.410. The quantitative estimate of drug-likeness (QED) is 0.816. The fourth-order valence-corrected chi connectivity index (χ4v) is 2.96. The van der Waals surface area contributed by atoms with Gasteiger partial charge in [0.05, 0.1) is 17.9 Å². The Kier molecular flexibility index (Phi) is 3.56. The van der Waals surface area contributed by atoms with Crippen LogP contribution in [0.4, 0.5) is 5.69 Å². The number of nitrogens with zero attached hydrogens (tertiary/aromatic N) is 1. The first-order chi connectivity index (χ1) is 9.24. The highest BCUT2D eigenvalue weighted by atomic mass is 79.9. The van der Waals surface area contributed by atoms with Gasteiger partial charge in [0, 0.05) is 0 Å². The van der Waals surface area contributed by atoms with Crippen molar-refractivity contribution in [2.45, 2.75) is 32.2 Å². The fourth-order valence-electron chi connectivity index (χ4n) is 2.74. The molecule has 0 saturated heterocycles. The number of halogens is 1. The molecule has 3 rings (SSSR count). The van der Waals surface area contributed by atoms with Crippen LogP contribution >= 0.6 is 15.9 Å². The zero-order valence-corrected chi connectivity index (χ0v) is 12.6. The van der Waals surface area contributed by atoms with Crippen molar-refractivity contribution in [2.24, 2.45) is 0 Å². The molecule has 0 aliphatic heterocycles. The van der Waals surface area contributed by atoms with Crippen molar-refractivity contribution in [2.75, 3.05) is 5.32 Å². The molecule has 1 N–H and O–H groups in total. The molecule has 0 saturated carbocycles. The Morgan fingerprint density at radius 1 is 1.32 bits per heavy atom. The molecule has 1 aliphatic carbocycles. The zero-order valence-electron chi connectivity index (χ0n) is 11.0. The normalized spacial score (nSPS) is 17.9. The van der Waals surface area contributed by atoms with Crippen LogP contribution in [0, 0.1) is 6.92 Å². The highest BCUT2D eigenvalue weighted by Gasteiger charge is 2.19. The SMILES string of the molecule is Cc1cc(NC2CCCc3ccccc32)cnc1Br. The number of hydrogen-bond donors (Lipinski definition) is 1. The van der Waals surface area contributed by atoms with Gasteiger partial charge in [-0.2, -0.15) is 0 Å². The van der Waals surface area contributed by atoms with E-state index in [0.29, 0.717) is 6.04 Å². The molecule has 19 heavy (non-hydrogen) atoms. The van der Waals surface area contributed by atoms with Crippen LogP contribution in [0.1, 0.15) is 35.6 Å². The Morgan fingerprint density at radius 3 is 3.00 bits per heavy atom. The highest BCUT2D eigenvalue weighted by molar-refractivity contribution is 9.10. The van der Waals surface area contributed by atoms with E-state index in [0.717, 1.165) is 15.9 Å². The average Bonchev–Trinajstić information content (AvgIpc) is 2.43. The van der Waals surface area contributed by atoms with Crippen molar-refractivity contribution in [1.82, 2.24) is 4.98 Å². The van der Waals surface area contributed by atoms with E-state index in [2.05, 4.69) is 63.5 Å². The van der Waals surface area contributed by atoms with Crippen LogP contribution in [0.25, 0.3) is 0 Å². The van der Waals surface area contributed by atoms with E-state index in [1.807, 2.05) is 6.20 Å². The monoisotopic (exact) mass is 316 g/mol. The first kappa shape index (κ1) is 12.7. The predicted octanol–water partition coefficient (Wildman–Crippen LogP) is 4.64. The van der Waals surface area contributed by atoms with Gasteiger partial charge in [-0.25, -0.2) is 4.98 Å². The van der Waals surface area contributed by atoms with Crippen LogP contribution in [0.5, 0.6) is 0 Å². The number of aryl methyl sites for hydroxylation is 2. The summed E-state index contributed by atoms with van der Waals surface area (Å²) in [6.07, 6.45) is 5.53. The lowest BCUT2D eigenvalue weighted by molar-refractivity contribution is 0.600. The van der Waals surface area contributed by atoms with Gasteiger partial charge in [0.2, 0.25) is 0 Å². The van der Waals surface area contributed by atoms with Gasteiger partial charge in [-0.15, -0.1) is 0 Å². The van der Waals surface area contributed by atoms with Crippen LogP contribution in [-0.4, -0.2) is 4.98 Å². The lowest BCUT2D eigenvalue weighted by Crippen LogP contribution is -2.17. The lowest BCUT2D eigenvalue weighted by Gasteiger charge is -2.27. The minimum absolute atomic E-state index is 0.410. The van der Waals surface area contributed by atoms with Gasteiger partial charge in [0.1, 0.15) is 4.60 Å². The second kappa shape index (κ2) is 5.33. The van der Waals surface area contributed by atoms with E-state index >= 15 is 0 Å². The predicted molar refractivity (Wildman–Crippen MR) is 82.4 cm³/mol. The van der Waals surface area contributed by atoms with Gasteiger partial charge in [0.15, 0.2) is 0 Å². The van der Waals surface area contributed by atoms with E-state index in [4.69, 9.17) is 0 Å². The van der Waals surface area contributed by atoms with Gasteiger partial charge in [-0.1, -0.05) is 24.3 Å². The molecule has 0 spiro atoms. The average molecular weight is 317 g/mol. The first-order valence-electron chi connectivity index (χ1n) is 6.70. The molecule has 1 aromatic carbocycles. The van der Waals surface area contributed by atoms with Gasteiger partial charge in [0.25, 0.3) is 0 Å². The zero-order chi connectivity index (χ0) is 13.2. The van der Waals surface area contributed by atoms with Gasteiger partial charge in [-0.05, 0) is 64.9 Å². The largest absolute Gasteiger partial charge is 0.377 e. The summed E-state index contributed by atoms with van der Waals surface area (Å²) in [6, 6.07) is 11.3. The summed E-state index contributed by atoms with van der Waals surface area (Å²) in [4.78, 5) is 4.35. The number of benzene rings is 1. The molecule has 0 radical (unpaired) electrons. The van der Waals surface area contributed by atoms with E-state index in [-0.39, 0.29) is 0 Å². The summed E-state index contributed by atoms with van der Waals surface area (Å²) in [5.74, 6) is 0. The maximum atomic E-state index is 4.35. The Balaban J connectivity index is 1.86. The second-order valence-corrected chi connectivity index (χ2v) is 5.87. The fraction of sp³-hybridized carbons (Fsp3) is 0.312. The topological polar surface area (TPSA) is 24.9 Å². The molecule has 0 amide bonds.